The Kier molecular flexibility index (Phi) is 4.06. The van der Waals surface area contributed by atoms with Gasteiger partial charge in [-0.25, -0.2) is 0 Å². The van der Waals surface area contributed by atoms with Crippen molar-refractivity contribution in [3.63, 3.8) is 0 Å². The number of aromatic nitrogens is 1. The van der Waals surface area contributed by atoms with Crippen LogP contribution in [0.15, 0.2) is 35.9 Å². The molecule has 1 aromatic heterocycles. The first-order valence-electron chi connectivity index (χ1n) is 6.43. The molecule has 6 heteroatoms. The summed E-state index contributed by atoms with van der Waals surface area (Å²) in [5.41, 5.74) is 3.10. The third-order valence-electron chi connectivity index (χ3n) is 3.31. The molecule has 0 radical (unpaired) electrons. The molecule has 2 aromatic rings. The number of rotatable bonds is 3. The van der Waals surface area contributed by atoms with Crippen LogP contribution in [0, 0.1) is 46.6 Å². The van der Waals surface area contributed by atoms with Gasteiger partial charge in [-0.15, -0.1) is 0 Å². The summed E-state index contributed by atoms with van der Waals surface area (Å²) in [6, 6.07) is 11.8. The van der Waals surface area contributed by atoms with Crippen molar-refractivity contribution in [1.82, 2.24) is 4.57 Å². The Labute approximate surface area is 127 Å². The van der Waals surface area contributed by atoms with Gasteiger partial charge in [0.15, 0.2) is 0 Å². The second kappa shape index (κ2) is 5.94. The van der Waals surface area contributed by atoms with E-state index in [1.54, 1.807) is 12.1 Å². The van der Waals surface area contributed by atoms with Crippen molar-refractivity contribution in [2.45, 2.75) is 13.8 Å². The van der Waals surface area contributed by atoms with Crippen molar-refractivity contribution in [3.05, 3.63) is 63.0 Å². The third kappa shape index (κ3) is 2.72. The van der Waals surface area contributed by atoms with Gasteiger partial charge in [-0.05, 0) is 37.6 Å². The number of non-ortho nitro benzene ring substituents is 1. The monoisotopic (exact) mass is 292 g/mol. The Balaban J connectivity index is 2.60. The van der Waals surface area contributed by atoms with Gasteiger partial charge in [0.1, 0.15) is 17.7 Å². The predicted molar refractivity (Wildman–Crippen MR) is 81.1 cm³/mol. The van der Waals surface area contributed by atoms with E-state index in [9.17, 15) is 10.1 Å². The number of hydrogen-bond donors (Lipinski definition) is 0. The van der Waals surface area contributed by atoms with Crippen molar-refractivity contribution in [2.24, 2.45) is 0 Å². The summed E-state index contributed by atoms with van der Waals surface area (Å²) in [4.78, 5) is 10.5. The van der Waals surface area contributed by atoms with Crippen molar-refractivity contribution in [2.75, 3.05) is 0 Å². The molecule has 6 nitrogen and oxygen atoms in total. The van der Waals surface area contributed by atoms with Crippen LogP contribution in [0.5, 0.6) is 0 Å². The fraction of sp³-hybridized carbons (Fsp3) is 0.125. The van der Waals surface area contributed by atoms with E-state index in [0.29, 0.717) is 5.69 Å². The first-order valence-corrected chi connectivity index (χ1v) is 6.43. The highest BCUT2D eigenvalue weighted by molar-refractivity contribution is 5.65. The molecule has 0 aliphatic rings. The lowest BCUT2D eigenvalue weighted by molar-refractivity contribution is -0.384. The highest BCUT2D eigenvalue weighted by atomic mass is 16.6. The Morgan fingerprint density at radius 1 is 1.27 bits per heavy atom. The van der Waals surface area contributed by atoms with Crippen LogP contribution in [0.3, 0.4) is 0 Å². The summed E-state index contributed by atoms with van der Waals surface area (Å²) >= 11 is 0. The lowest BCUT2D eigenvalue weighted by Gasteiger charge is -2.09. The molecule has 22 heavy (non-hydrogen) atoms. The molecule has 0 aliphatic heterocycles. The molecule has 0 bridgehead atoms. The number of hydrogen-bond acceptors (Lipinski definition) is 4. The highest BCUT2D eigenvalue weighted by Crippen LogP contribution is 2.25. The number of nitrogens with zero attached hydrogens (tertiary/aromatic N) is 4. The average Bonchev–Trinajstić information content (AvgIpc) is 2.79. The fourth-order valence-electron chi connectivity index (χ4n) is 2.32. The molecule has 0 spiro atoms. The minimum Gasteiger partial charge on any atom is -0.318 e. The molecule has 0 N–H and O–H groups in total. The molecular weight excluding hydrogens is 280 g/mol. The Morgan fingerprint density at radius 2 is 1.95 bits per heavy atom. The molecule has 0 saturated heterocycles. The van der Waals surface area contributed by atoms with Gasteiger partial charge in [0, 0.05) is 23.5 Å². The second-order valence-electron chi connectivity index (χ2n) is 4.72. The van der Waals surface area contributed by atoms with Crippen LogP contribution in [0.4, 0.5) is 5.69 Å². The Bertz CT molecular complexity index is 847. The van der Waals surface area contributed by atoms with E-state index >= 15 is 0 Å². The molecule has 0 unspecified atom stereocenters. The molecule has 1 heterocycles. The van der Waals surface area contributed by atoms with Gasteiger partial charge in [0.05, 0.1) is 10.6 Å². The summed E-state index contributed by atoms with van der Waals surface area (Å²) in [5.74, 6) is 0. The van der Waals surface area contributed by atoms with Crippen LogP contribution in [0.1, 0.15) is 17.0 Å². The molecule has 0 fully saturated rings. The zero-order valence-corrected chi connectivity index (χ0v) is 12.1. The van der Waals surface area contributed by atoms with Crippen molar-refractivity contribution < 1.29 is 4.92 Å². The summed E-state index contributed by atoms with van der Waals surface area (Å²) in [6.45, 7) is 3.70. The molecule has 108 valence electrons. The molecule has 0 aliphatic carbocycles. The van der Waals surface area contributed by atoms with Crippen molar-refractivity contribution in [3.8, 4) is 17.8 Å². The number of nitro benzene ring substituents is 1. The topological polar surface area (TPSA) is 95.7 Å². The molecular formula is C16H12N4O2. The highest BCUT2D eigenvalue weighted by Gasteiger charge is 2.13. The lowest BCUT2D eigenvalue weighted by Crippen LogP contribution is -2.00. The van der Waals surface area contributed by atoms with E-state index in [-0.39, 0.29) is 11.3 Å². The zero-order chi connectivity index (χ0) is 16.3. The molecule has 2 rings (SSSR count). The smallest absolute Gasteiger partial charge is 0.271 e. The van der Waals surface area contributed by atoms with E-state index in [1.807, 2.05) is 36.6 Å². The standard InChI is InChI=1S/C16H12N4O2/c1-11-6-14(7-13(9-17)10-18)12(2)19(11)15-4-3-5-16(8-15)20(21)22/h3-8H,1-2H3. The van der Waals surface area contributed by atoms with Gasteiger partial charge in [-0.2, -0.15) is 10.5 Å². The molecule has 0 amide bonds. The summed E-state index contributed by atoms with van der Waals surface area (Å²) < 4.78 is 1.85. The van der Waals surface area contributed by atoms with Crippen LogP contribution in [-0.4, -0.2) is 9.49 Å². The van der Waals surface area contributed by atoms with E-state index in [4.69, 9.17) is 10.5 Å². The van der Waals surface area contributed by atoms with E-state index in [1.165, 1.54) is 18.2 Å². The normalized spacial score (nSPS) is 9.64. The molecule has 0 atom stereocenters. The van der Waals surface area contributed by atoms with Crippen LogP contribution >= 0.6 is 0 Å². The maximum atomic E-state index is 10.9. The number of aryl methyl sites for hydroxylation is 1. The minimum atomic E-state index is -0.443. The second-order valence-corrected chi connectivity index (χ2v) is 4.72. The summed E-state index contributed by atoms with van der Waals surface area (Å²) in [5, 5.41) is 28.6. The number of allylic oxidation sites excluding steroid dienone is 1. The molecule has 0 saturated carbocycles. The van der Waals surface area contributed by atoms with E-state index < -0.39 is 4.92 Å². The van der Waals surface area contributed by atoms with Crippen LogP contribution in [0.2, 0.25) is 0 Å². The van der Waals surface area contributed by atoms with Crippen molar-refractivity contribution in [1.29, 1.82) is 10.5 Å². The van der Waals surface area contributed by atoms with Gasteiger partial charge >= 0.3 is 0 Å². The third-order valence-corrected chi connectivity index (χ3v) is 3.31. The zero-order valence-electron chi connectivity index (χ0n) is 12.1. The van der Waals surface area contributed by atoms with Gasteiger partial charge in [-0.1, -0.05) is 6.07 Å². The maximum Gasteiger partial charge on any atom is 0.271 e. The van der Waals surface area contributed by atoms with Crippen LogP contribution in [-0.2, 0) is 0 Å². The van der Waals surface area contributed by atoms with Gasteiger partial charge in [0.25, 0.3) is 5.69 Å². The van der Waals surface area contributed by atoms with Gasteiger partial charge in [-0.3, -0.25) is 10.1 Å². The van der Waals surface area contributed by atoms with Crippen LogP contribution < -0.4 is 0 Å². The van der Waals surface area contributed by atoms with Gasteiger partial charge in [0.2, 0.25) is 0 Å². The predicted octanol–water partition coefficient (Wildman–Crippen LogP) is 3.43. The molecule has 1 aromatic carbocycles. The first-order chi connectivity index (χ1) is 10.5. The quantitative estimate of drug-likeness (QED) is 0.491. The number of nitriles is 2. The van der Waals surface area contributed by atoms with Crippen molar-refractivity contribution >= 4 is 11.8 Å². The minimum absolute atomic E-state index is 0.0110. The first kappa shape index (κ1) is 15.0. The average molecular weight is 292 g/mol. The largest absolute Gasteiger partial charge is 0.318 e. The van der Waals surface area contributed by atoms with Gasteiger partial charge < -0.3 is 4.57 Å². The summed E-state index contributed by atoms with van der Waals surface area (Å²) in [6.07, 6.45) is 1.51. The lowest BCUT2D eigenvalue weighted by atomic mass is 10.1. The maximum absolute atomic E-state index is 10.9. The Hall–Kier alpha value is -3.38. The van der Waals surface area contributed by atoms with E-state index in [0.717, 1.165) is 17.0 Å². The van der Waals surface area contributed by atoms with Crippen LogP contribution in [0.25, 0.3) is 11.8 Å². The fourth-order valence-corrected chi connectivity index (χ4v) is 2.32. The number of benzene rings is 1. The van der Waals surface area contributed by atoms with E-state index in [2.05, 4.69) is 0 Å². The SMILES string of the molecule is Cc1cc(C=C(C#N)C#N)c(C)n1-c1cccc([N+](=O)[O-])c1. The summed E-state index contributed by atoms with van der Waals surface area (Å²) in [7, 11) is 0. The number of nitro groups is 1. The Morgan fingerprint density at radius 3 is 2.55 bits per heavy atom.